The molecule has 1 amide bonds. The molecule has 9 heteroatoms. The van der Waals surface area contributed by atoms with E-state index in [1.54, 1.807) is 0 Å². The third-order valence-electron chi connectivity index (χ3n) is 3.76. The molecule has 30 heavy (non-hydrogen) atoms. The van der Waals surface area contributed by atoms with E-state index in [0.29, 0.717) is 11.6 Å². The average molecular weight is 508 g/mol. The number of pyridine rings is 1. The fourth-order valence-electron chi connectivity index (χ4n) is 2.26. The van der Waals surface area contributed by atoms with Gasteiger partial charge >= 0.3 is 5.20 Å². The summed E-state index contributed by atoms with van der Waals surface area (Å²) in [4.78, 5) is 15.2. The minimum absolute atomic E-state index is 0.0545. The smallest absolute Gasteiger partial charge is 0.326 e. The van der Waals surface area contributed by atoms with Crippen molar-refractivity contribution in [2.24, 2.45) is 0 Å². The summed E-state index contributed by atoms with van der Waals surface area (Å²) in [7, 11) is 0. The lowest BCUT2D eigenvalue weighted by molar-refractivity contribution is -0.115. The van der Waals surface area contributed by atoms with Gasteiger partial charge in [0.1, 0.15) is 5.15 Å². The van der Waals surface area contributed by atoms with Gasteiger partial charge in [-0.2, -0.15) is 0 Å². The van der Waals surface area contributed by atoms with Crippen LogP contribution < -0.4 is 5.32 Å². The highest BCUT2D eigenvalue weighted by Crippen LogP contribution is 2.61. The standard InChI is InChI=1S/C11H10ClN.C10H13NO.Cl3OP/c1-7-3-4-10-9(5-7)6-8(2)11(12)13-10;1-3-10(12)11-9-6-4-8(2)5-7-9;1-5(2,3)4/h3-6H,1-2H3;4-7H,3H2,1-2H3,(H,11,12);. The van der Waals surface area contributed by atoms with Crippen LogP contribution in [0.4, 0.5) is 5.69 Å². The van der Waals surface area contributed by atoms with Crippen molar-refractivity contribution >= 4 is 73.0 Å². The van der Waals surface area contributed by atoms with Crippen molar-refractivity contribution in [2.45, 2.75) is 34.1 Å². The van der Waals surface area contributed by atoms with Crippen molar-refractivity contribution in [3.05, 3.63) is 70.4 Å². The molecule has 0 atom stereocenters. The highest BCUT2D eigenvalue weighted by Gasteiger charge is 2.03. The summed E-state index contributed by atoms with van der Waals surface area (Å²) in [6, 6.07) is 16.0. The van der Waals surface area contributed by atoms with Crippen molar-refractivity contribution in [1.29, 1.82) is 0 Å². The molecule has 3 rings (SSSR count). The van der Waals surface area contributed by atoms with E-state index in [-0.39, 0.29) is 5.91 Å². The van der Waals surface area contributed by atoms with Crippen molar-refractivity contribution in [3.8, 4) is 0 Å². The van der Waals surface area contributed by atoms with Gasteiger partial charge in [-0.1, -0.05) is 47.9 Å². The number of aryl methyl sites for hydroxylation is 3. The van der Waals surface area contributed by atoms with Gasteiger partial charge < -0.3 is 5.32 Å². The number of nitrogens with one attached hydrogen (secondary N) is 1. The van der Waals surface area contributed by atoms with Crippen molar-refractivity contribution in [3.63, 3.8) is 0 Å². The van der Waals surface area contributed by atoms with Crippen LogP contribution in [0.3, 0.4) is 0 Å². The molecule has 0 spiro atoms. The average Bonchev–Trinajstić information content (AvgIpc) is 2.64. The molecule has 0 radical (unpaired) electrons. The van der Waals surface area contributed by atoms with E-state index in [1.165, 1.54) is 11.1 Å². The van der Waals surface area contributed by atoms with Crippen LogP contribution in [0, 0.1) is 20.8 Å². The lowest BCUT2D eigenvalue weighted by Gasteiger charge is -2.02. The Morgan fingerprint density at radius 2 is 1.50 bits per heavy atom. The maximum Gasteiger partial charge on any atom is 0.339 e. The number of anilines is 1. The van der Waals surface area contributed by atoms with E-state index in [1.807, 2.05) is 57.2 Å². The first-order valence-electron chi connectivity index (χ1n) is 8.98. The van der Waals surface area contributed by atoms with Crippen LogP contribution in [0.5, 0.6) is 0 Å². The Morgan fingerprint density at radius 3 is 2.03 bits per heavy atom. The number of amides is 1. The molecule has 0 unspecified atom stereocenters. The summed E-state index contributed by atoms with van der Waals surface area (Å²) in [5, 5.41) is 1.31. The largest absolute Gasteiger partial charge is 0.339 e. The van der Waals surface area contributed by atoms with E-state index in [9.17, 15) is 9.36 Å². The molecule has 1 aromatic heterocycles. The van der Waals surface area contributed by atoms with Crippen LogP contribution in [0.1, 0.15) is 30.0 Å². The number of carbonyl (C=O) groups is 1. The SMILES string of the molecule is CCC(=O)Nc1ccc(C)cc1.Cc1ccc2nc(Cl)c(C)cc2c1.O=P(Cl)(Cl)Cl. The Bertz CT molecular complexity index is 1030. The Kier molecular flexibility index (Phi) is 11.2. The summed E-state index contributed by atoms with van der Waals surface area (Å²) >= 11 is 19.8. The van der Waals surface area contributed by atoms with Gasteiger partial charge in [-0.15, -0.1) is 0 Å². The lowest BCUT2D eigenvalue weighted by Crippen LogP contribution is -2.08. The molecule has 4 nitrogen and oxygen atoms in total. The number of rotatable bonds is 2. The molecule has 0 aliphatic carbocycles. The van der Waals surface area contributed by atoms with Crippen LogP contribution in [0.2, 0.25) is 5.15 Å². The number of aromatic nitrogens is 1. The number of carbonyl (C=O) groups excluding carboxylic acids is 1. The van der Waals surface area contributed by atoms with Crippen LogP contribution in [0.15, 0.2) is 48.5 Å². The maximum atomic E-state index is 11.0. The van der Waals surface area contributed by atoms with Crippen LogP contribution in [-0.4, -0.2) is 10.9 Å². The number of benzene rings is 2. The predicted molar refractivity (Wildman–Crippen MR) is 131 cm³/mol. The van der Waals surface area contributed by atoms with E-state index in [4.69, 9.17) is 11.6 Å². The molecular weight excluding hydrogens is 485 g/mol. The highest BCUT2D eigenvalue weighted by atomic mass is 36.0. The third kappa shape index (κ3) is 11.2. The second-order valence-corrected chi connectivity index (χ2v) is 13.5. The van der Waals surface area contributed by atoms with Gasteiger partial charge in [0, 0.05) is 17.5 Å². The lowest BCUT2D eigenvalue weighted by atomic mass is 10.1. The molecule has 1 heterocycles. The van der Waals surface area contributed by atoms with Gasteiger partial charge in [0.2, 0.25) is 5.91 Å². The zero-order valence-electron chi connectivity index (χ0n) is 17.0. The Hall–Kier alpha value is -1.29. The molecule has 3 aromatic rings. The second kappa shape index (κ2) is 12.5. The van der Waals surface area contributed by atoms with Crippen LogP contribution in [0.25, 0.3) is 10.9 Å². The zero-order chi connectivity index (χ0) is 22.9. The summed E-state index contributed by atoms with van der Waals surface area (Å²) in [5.41, 5.74) is 5.30. The summed E-state index contributed by atoms with van der Waals surface area (Å²) in [5.74, 6) is 0.0545. The second-order valence-electron chi connectivity index (χ2n) is 6.46. The minimum Gasteiger partial charge on any atom is -0.326 e. The van der Waals surface area contributed by atoms with Gasteiger partial charge in [-0.25, -0.2) is 4.98 Å². The van der Waals surface area contributed by atoms with E-state index < -0.39 is 5.20 Å². The van der Waals surface area contributed by atoms with Gasteiger partial charge in [0.25, 0.3) is 0 Å². The molecule has 0 aliphatic heterocycles. The quantitative estimate of drug-likeness (QED) is 0.279. The summed E-state index contributed by atoms with van der Waals surface area (Å²) in [6.45, 7) is 7.90. The third-order valence-corrected chi connectivity index (χ3v) is 4.14. The number of halogens is 4. The zero-order valence-corrected chi connectivity index (χ0v) is 21.0. The van der Waals surface area contributed by atoms with Gasteiger partial charge in [-0.05, 0) is 90.4 Å². The van der Waals surface area contributed by atoms with Crippen LogP contribution >= 0.6 is 50.5 Å². The number of nitrogens with zero attached hydrogens (tertiary/aromatic N) is 1. The molecule has 2 aromatic carbocycles. The monoisotopic (exact) mass is 506 g/mol. The number of hydrogen-bond donors (Lipinski definition) is 1. The van der Waals surface area contributed by atoms with E-state index >= 15 is 0 Å². The fraction of sp³-hybridized carbons (Fsp3) is 0.238. The molecule has 0 bridgehead atoms. The first-order valence-corrected chi connectivity index (χ1v) is 13.8. The number of fused-ring (bicyclic) bond motifs is 1. The van der Waals surface area contributed by atoms with E-state index in [2.05, 4.69) is 63.1 Å². The Morgan fingerprint density at radius 1 is 0.967 bits per heavy atom. The summed E-state index contributed by atoms with van der Waals surface area (Å²) in [6.07, 6.45) is 0.522. The molecule has 0 aliphatic rings. The molecular formula is C21H23Cl4N2O2P. The van der Waals surface area contributed by atoms with E-state index in [0.717, 1.165) is 22.2 Å². The first-order chi connectivity index (χ1) is 13.9. The van der Waals surface area contributed by atoms with Crippen molar-refractivity contribution in [1.82, 2.24) is 4.98 Å². The van der Waals surface area contributed by atoms with Gasteiger partial charge in [-0.3, -0.25) is 9.36 Å². The summed E-state index contributed by atoms with van der Waals surface area (Å²) < 4.78 is 9.51. The Balaban J connectivity index is 0.000000248. The minimum atomic E-state index is -3.22. The molecule has 0 saturated heterocycles. The normalized spacial score (nSPS) is 10.4. The highest BCUT2D eigenvalue weighted by molar-refractivity contribution is 8.24. The first kappa shape index (κ1) is 26.7. The van der Waals surface area contributed by atoms with Crippen molar-refractivity contribution in [2.75, 3.05) is 5.32 Å². The molecule has 162 valence electrons. The van der Waals surface area contributed by atoms with Gasteiger partial charge in [0.05, 0.1) is 5.52 Å². The van der Waals surface area contributed by atoms with Gasteiger partial charge in [0.15, 0.2) is 0 Å². The fourth-order valence-corrected chi connectivity index (χ4v) is 2.41. The van der Waals surface area contributed by atoms with Crippen LogP contribution in [-0.2, 0) is 9.36 Å². The molecule has 0 saturated carbocycles. The van der Waals surface area contributed by atoms with Crippen molar-refractivity contribution < 1.29 is 9.36 Å². The number of hydrogen-bond acceptors (Lipinski definition) is 3. The molecule has 0 fully saturated rings. The Labute approximate surface area is 196 Å². The topological polar surface area (TPSA) is 59.1 Å². The maximum absolute atomic E-state index is 11.0. The molecule has 1 N–H and O–H groups in total. The predicted octanol–water partition coefficient (Wildman–Crippen LogP) is 8.66.